The largest absolute Gasteiger partial charge is 0.417 e. The molecule has 0 spiro atoms. The van der Waals surface area contributed by atoms with Crippen molar-refractivity contribution in [2.24, 2.45) is 0 Å². The average molecular weight is 423 g/mol. The molecule has 3 aromatic carbocycles. The van der Waals surface area contributed by atoms with Gasteiger partial charge in [-0.2, -0.15) is 13.2 Å². The molecule has 0 saturated carbocycles. The van der Waals surface area contributed by atoms with Gasteiger partial charge in [0.05, 0.1) is 5.57 Å². The van der Waals surface area contributed by atoms with Gasteiger partial charge in [0.25, 0.3) is 0 Å². The van der Waals surface area contributed by atoms with Crippen molar-refractivity contribution >= 4 is 44.0 Å². The van der Waals surface area contributed by atoms with Crippen molar-refractivity contribution in [1.29, 1.82) is 0 Å². The molecule has 5 heteroatoms. The van der Waals surface area contributed by atoms with Crippen molar-refractivity contribution in [2.45, 2.75) is 11.1 Å². The van der Waals surface area contributed by atoms with Crippen molar-refractivity contribution in [2.75, 3.05) is 5.33 Å². The Kier molecular flexibility index (Phi) is 5.54. The van der Waals surface area contributed by atoms with E-state index < -0.39 is 11.7 Å². The van der Waals surface area contributed by atoms with Crippen LogP contribution >= 0.6 is 27.7 Å². The first kappa shape index (κ1) is 18.1. The van der Waals surface area contributed by atoms with Gasteiger partial charge < -0.3 is 0 Å². The van der Waals surface area contributed by atoms with Crippen LogP contribution in [0, 0.1) is 0 Å². The smallest absolute Gasteiger partial charge is 0.166 e. The molecule has 0 radical (unpaired) electrons. The van der Waals surface area contributed by atoms with Crippen LogP contribution < -0.4 is 0 Å². The standard InChI is InChI=1S/C20H14BrF3S/c21-13-18(25-17-8-2-1-3-9-17)19(20(22,23)24)16-11-10-14-6-4-5-7-15(14)12-16/h1-12H,13H2/b19-18+. The van der Waals surface area contributed by atoms with Crippen LogP contribution in [0.15, 0.2) is 82.6 Å². The molecule has 0 amide bonds. The van der Waals surface area contributed by atoms with Crippen LogP contribution in [0.25, 0.3) is 16.3 Å². The second-order valence-electron chi connectivity index (χ2n) is 5.41. The lowest BCUT2D eigenvalue weighted by Crippen LogP contribution is -2.13. The van der Waals surface area contributed by atoms with Crippen LogP contribution in [0.4, 0.5) is 13.2 Å². The summed E-state index contributed by atoms with van der Waals surface area (Å²) in [5.41, 5.74) is -0.409. The SMILES string of the molecule is FC(F)(F)/C(=C(\CBr)Sc1ccccc1)c1ccc2ccccc2c1. The third kappa shape index (κ3) is 4.28. The fraction of sp³-hybridized carbons (Fsp3) is 0.100. The first-order valence-corrected chi connectivity index (χ1v) is 9.51. The molecular formula is C20H14BrF3S. The third-order valence-electron chi connectivity index (χ3n) is 3.71. The normalized spacial score (nSPS) is 13.0. The van der Waals surface area contributed by atoms with Crippen LogP contribution in [0.3, 0.4) is 0 Å². The zero-order valence-electron chi connectivity index (χ0n) is 13.1. The Balaban J connectivity index is 2.14. The molecule has 0 saturated heterocycles. The molecule has 128 valence electrons. The van der Waals surface area contributed by atoms with Crippen LogP contribution in [0.2, 0.25) is 0 Å². The maximum atomic E-state index is 13.9. The molecule has 0 nitrogen and oxygen atoms in total. The highest BCUT2D eigenvalue weighted by molar-refractivity contribution is 9.09. The Labute approximate surface area is 156 Å². The predicted molar refractivity (Wildman–Crippen MR) is 103 cm³/mol. The topological polar surface area (TPSA) is 0 Å². The van der Waals surface area contributed by atoms with E-state index in [0.717, 1.165) is 27.4 Å². The second-order valence-corrected chi connectivity index (χ2v) is 7.14. The van der Waals surface area contributed by atoms with E-state index in [2.05, 4.69) is 15.9 Å². The summed E-state index contributed by atoms with van der Waals surface area (Å²) in [5.74, 6) is 0. The molecule has 0 fully saturated rings. The van der Waals surface area contributed by atoms with Gasteiger partial charge in [0.15, 0.2) is 0 Å². The number of fused-ring (bicyclic) bond motifs is 1. The summed E-state index contributed by atoms with van der Waals surface area (Å²) in [6.07, 6.45) is -4.44. The number of rotatable bonds is 4. The van der Waals surface area contributed by atoms with Gasteiger partial charge in [0.1, 0.15) is 0 Å². The fourth-order valence-electron chi connectivity index (χ4n) is 2.60. The number of hydrogen-bond acceptors (Lipinski definition) is 1. The summed E-state index contributed by atoms with van der Waals surface area (Å²) in [4.78, 5) is 1.02. The summed E-state index contributed by atoms with van der Waals surface area (Å²) in [7, 11) is 0. The number of allylic oxidation sites excluding steroid dienone is 2. The molecule has 0 unspecified atom stereocenters. The van der Waals surface area contributed by atoms with Gasteiger partial charge in [-0.1, -0.05) is 82.3 Å². The maximum absolute atomic E-state index is 13.9. The van der Waals surface area contributed by atoms with E-state index in [1.165, 1.54) is 0 Å². The van der Waals surface area contributed by atoms with E-state index in [4.69, 9.17) is 0 Å². The van der Waals surface area contributed by atoms with Gasteiger partial charge in [0.2, 0.25) is 0 Å². The number of hydrogen-bond donors (Lipinski definition) is 0. The zero-order valence-corrected chi connectivity index (χ0v) is 15.5. The van der Waals surface area contributed by atoms with Gasteiger partial charge >= 0.3 is 6.18 Å². The summed E-state index contributed by atoms with van der Waals surface area (Å²) in [6, 6.07) is 21.4. The zero-order chi connectivity index (χ0) is 17.9. The number of halogens is 4. The van der Waals surface area contributed by atoms with Crippen molar-refractivity contribution < 1.29 is 13.2 Å². The molecular weight excluding hydrogens is 409 g/mol. The highest BCUT2D eigenvalue weighted by Gasteiger charge is 2.37. The Bertz CT molecular complexity index is 901. The van der Waals surface area contributed by atoms with Gasteiger partial charge in [-0.05, 0) is 34.5 Å². The van der Waals surface area contributed by atoms with E-state index >= 15 is 0 Å². The first-order chi connectivity index (χ1) is 12.0. The van der Waals surface area contributed by atoms with E-state index in [0.29, 0.717) is 0 Å². The van der Waals surface area contributed by atoms with Gasteiger partial charge in [-0.25, -0.2) is 0 Å². The van der Waals surface area contributed by atoms with Crippen LogP contribution in [-0.4, -0.2) is 11.5 Å². The summed E-state index contributed by atoms with van der Waals surface area (Å²) < 4.78 is 41.6. The number of thioether (sulfide) groups is 1. The minimum Gasteiger partial charge on any atom is -0.166 e. The second kappa shape index (κ2) is 7.67. The molecule has 3 aromatic rings. The minimum absolute atomic E-state index is 0.133. The first-order valence-electron chi connectivity index (χ1n) is 7.57. The van der Waals surface area contributed by atoms with Crippen molar-refractivity contribution in [1.82, 2.24) is 0 Å². The lowest BCUT2D eigenvalue weighted by atomic mass is 10.0. The van der Waals surface area contributed by atoms with Crippen molar-refractivity contribution in [3.8, 4) is 0 Å². The van der Waals surface area contributed by atoms with E-state index in [-0.39, 0.29) is 15.8 Å². The lowest BCUT2D eigenvalue weighted by Gasteiger charge is -2.17. The fourth-order valence-corrected chi connectivity index (χ4v) is 4.20. The molecule has 3 rings (SSSR count). The summed E-state index contributed by atoms with van der Waals surface area (Å²) in [6.45, 7) is 0. The lowest BCUT2D eigenvalue weighted by molar-refractivity contribution is -0.0691. The Morgan fingerprint density at radius 2 is 1.48 bits per heavy atom. The highest BCUT2D eigenvalue weighted by atomic mass is 79.9. The van der Waals surface area contributed by atoms with Gasteiger partial charge in [0, 0.05) is 15.1 Å². The molecule has 0 N–H and O–H groups in total. The maximum Gasteiger partial charge on any atom is 0.417 e. The number of benzene rings is 3. The van der Waals surface area contributed by atoms with Gasteiger partial charge in [-0.15, -0.1) is 0 Å². The third-order valence-corrected chi connectivity index (χ3v) is 5.74. The molecule has 0 atom stereocenters. The van der Waals surface area contributed by atoms with Crippen molar-refractivity contribution in [3.05, 3.63) is 83.3 Å². The minimum atomic E-state index is -4.44. The predicted octanol–water partition coefficient (Wildman–Crippen LogP) is 7.30. The van der Waals surface area contributed by atoms with Gasteiger partial charge in [-0.3, -0.25) is 0 Å². The van der Waals surface area contributed by atoms with Crippen LogP contribution in [0.5, 0.6) is 0 Å². The molecule has 0 aromatic heterocycles. The highest BCUT2D eigenvalue weighted by Crippen LogP contribution is 2.43. The molecule has 25 heavy (non-hydrogen) atoms. The average Bonchev–Trinajstić information content (AvgIpc) is 2.61. The molecule has 0 bridgehead atoms. The molecule has 0 aliphatic carbocycles. The molecule has 0 aliphatic rings. The van der Waals surface area contributed by atoms with E-state index in [9.17, 15) is 13.2 Å². The summed E-state index contributed by atoms with van der Waals surface area (Å²) >= 11 is 4.37. The molecule has 0 aliphatic heterocycles. The quantitative estimate of drug-likeness (QED) is 0.313. The van der Waals surface area contributed by atoms with Crippen molar-refractivity contribution in [3.63, 3.8) is 0 Å². The number of alkyl halides is 4. The Morgan fingerprint density at radius 3 is 2.12 bits per heavy atom. The van der Waals surface area contributed by atoms with Crippen LogP contribution in [-0.2, 0) is 0 Å². The van der Waals surface area contributed by atoms with E-state index in [1.807, 2.05) is 54.6 Å². The monoisotopic (exact) mass is 422 g/mol. The Hall–Kier alpha value is -1.72. The Morgan fingerprint density at radius 1 is 0.840 bits per heavy atom. The molecule has 0 heterocycles. The summed E-state index contributed by atoms with van der Waals surface area (Å²) in [5, 5.41) is 1.85. The van der Waals surface area contributed by atoms with E-state index in [1.54, 1.807) is 18.2 Å². The van der Waals surface area contributed by atoms with Crippen LogP contribution in [0.1, 0.15) is 5.56 Å².